The summed E-state index contributed by atoms with van der Waals surface area (Å²) < 4.78 is 20.2. The molecule has 0 saturated carbocycles. The zero-order valence-corrected chi connectivity index (χ0v) is 17.1. The van der Waals surface area contributed by atoms with Crippen molar-refractivity contribution in [3.05, 3.63) is 81.5 Å². The average molecular weight is 407 g/mol. The Kier molecular flexibility index (Phi) is 5.11. The van der Waals surface area contributed by atoms with Crippen molar-refractivity contribution in [2.45, 2.75) is 32.7 Å². The molecule has 0 bridgehead atoms. The Morgan fingerprint density at radius 1 is 1.17 bits per heavy atom. The molecule has 0 spiro atoms. The number of benzene rings is 2. The lowest BCUT2D eigenvalue weighted by Gasteiger charge is -2.35. The summed E-state index contributed by atoms with van der Waals surface area (Å²) in [6, 6.07) is 12.8. The Bertz CT molecular complexity index is 1170. The van der Waals surface area contributed by atoms with Gasteiger partial charge in [0, 0.05) is 11.7 Å². The van der Waals surface area contributed by atoms with E-state index in [1.165, 1.54) is 30.0 Å². The summed E-state index contributed by atoms with van der Waals surface area (Å²) in [4.78, 5) is 27.8. The van der Waals surface area contributed by atoms with Crippen LogP contribution in [0.25, 0.3) is 5.69 Å². The van der Waals surface area contributed by atoms with E-state index in [0.29, 0.717) is 24.2 Å². The molecule has 4 rings (SSSR count). The van der Waals surface area contributed by atoms with Gasteiger partial charge >= 0.3 is 0 Å². The highest BCUT2D eigenvalue weighted by molar-refractivity contribution is 6.07. The van der Waals surface area contributed by atoms with Crippen LogP contribution in [0.1, 0.15) is 35.0 Å². The molecule has 154 valence electrons. The van der Waals surface area contributed by atoms with Gasteiger partial charge in [0.25, 0.3) is 11.5 Å². The molecule has 0 fully saturated rings. The zero-order valence-electron chi connectivity index (χ0n) is 17.1. The second-order valence-corrected chi connectivity index (χ2v) is 7.48. The minimum absolute atomic E-state index is 0.0294. The minimum atomic E-state index is -0.401. The molecular formula is C23H22FN3O3. The number of methoxy groups -OCH3 is 1. The van der Waals surface area contributed by atoms with Crippen LogP contribution in [0.5, 0.6) is 5.75 Å². The molecule has 1 amide bonds. The molecule has 1 aliphatic heterocycles. The van der Waals surface area contributed by atoms with Crippen molar-refractivity contribution >= 4 is 11.6 Å². The lowest BCUT2D eigenvalue weighted by Crippen LogP contribution is -2.43. The Morgan fingerprint density at radius 2 is 1.90 bits per heavy atom. The fourth-order valence-corrected chi connectivity index (χ4v) is 3.76. The standard InChI is InChI=1S/C23H22FN3O3/c1-14-4-9-18(10-5-14)27-21(28)13-20(30-3)22(25-27)23(29)26-15(2)6-7-16-12-17(24)8-11-19(16)26/h4-5,8-13,15H,6-7H2,1-3H3/t15-/m0/s1. The second kappa shape index (κ2) is 7.74. The fourth-order valence-electron chi connectivity index (χ4n) is 3.76. The van der Waals surface area contributed by atoms with Gasteiger partial charge in [-0.25, -0.2) is 4.39 Å². The van der Waals surface area contributed by atoms with Crippen LogP contribution >= 0.6 is 0 Å². The fraction of sp³-hybridized carbons (Fsp3) is 0.261. The van der Waals surface area contributed by atoms with Gasteiger partial charge in [0.1, 0.15) is 5.82 Å². The molecule has 0 unspecified atom stereocenters. The first-order valence-electron chi connectivity index (χ1n) is 9.76. The molecule has 3 aromatic rings. The van der Waals surface area contributed by atoms with E-state index in [1.54, 1.807) is 23.1 Å². The van der Waals surface area contributed by atoms with E-state index in [9.17, 15) is 14.0 Å². The largest absolute Gasteiger partial charge is 0.494 e. The van der Waals surface area contributed by atoms with E-state index in [1.807, 2.05) is 26.0 Å². The highest BCUT2D eigenvalue weighted by atomic mass is 19.1. The first kappa shape index (κ1) is 19.8. The number of hydrogen-bond acceptors (Lipinski definition) is 4. The van der Waals surface area contributed by atoms with E-state index in [2.05, 4.69) is 5.10 Å². The third kappa shape index (κ3) is 3.47. The van der Waals surface area contributed by atoms with Crippen LogP contribution in [0.15, 0.2) is 53.3 Å². The van der Waals surface area contributed by atoms with Gasteiger partial charge < -0.3 is 9.64 Å². The van der Waals surface area contributed by atoms with Gasteiger partial charge in [-0.2, -0.15) is 9.78 Å². The number of nitrogens with zero attached hydrogens (tertiary/aromatic N) is 3. The summed E-state index contributed by atoms with van der Waals surface area (Å²) in [5, 5.41) is 4.36. The van der Waals surface area contributed by atoms with E-state index < -0.39 is 11.5 Å². The van der Waals surface area contributed by atoms with Crippen LogP contribution < -0.4 is 15.2 Å². The molecule has 30 heavy (non-hydrogen) atoms. The molecule has 0 radical (unpaired) electrons. The van der Waals surface area contributed by atoms with Crippen molar-refractivity contribution in [3.8, 4) is 11.4 Å². The molecule has 0 saturated heterocycles. The van der Waals surface area contributed by atoms with E-state index in [-0.39, 0.29) is 23.3 Å². The van der Waals surface area contributed by atoms with Crippen LogP contribution in [-0.2, 0) is 6.42 Å². The van der Waals surface area contributed by atoms with Crippen LogP contribution in [0.4, 0.5) is 10.1 Å². The highest BCUT2D eigenvalue weighted by Gasteiger charge is 2.32. The van der Waals surface area contributed by atoms with Crippen molar-refractivity contribution in [3.63, 3.8) is 0 Å². The number of amides is 1. The molecule has 7 heteroatoms. The summed E-state index contributed by atoms with van der Waals surface area (Å²) in [5.41, 5.74) is 2.64. The van der Waals surface area contributed by atoms with E-state index in [4.69, 9.17) is 4.74 Å². The number of rotatable bonds is 3. The first-order chi connectivity index (χ1) is 14.4. The maximum Gasteiger partial charge on any atom is 0.282 e. The van der Waals surface area contributed by atoms with Crippen molar-refractivity contribution in [1.29, 1.82) is 0 Å². The molecule has 1 aromatic heterocycles. The zero-order chi connectivity index (χ0) is 21.4. The predicted molar refractivity (Wildman–Crippen MR) is 112 cm³/mol. The van der Waals surface area contributed by atoms with Crippen molar-refractivity contribution in [1.82, 2.24) is 9.78 Å². The number of aryl methyl sites for hydroxylation is 2. The normalized spacial score (nSPS) is 15.6. The van der Waals surface area contributed by atoms with Gasteiger partial charge in [0.05, 0.1) is 18.9 Å². The lowest BCUT2D eigenvalue weighted by atomic mass is 9.96. The topological polar surface area (TPSA) is 64.4 Å². The molecule has 6 nitrogen and oxygen atoms in total. The number of hydrogen-bond donors (Lipinski definition) is 0. The quantitative estimate of drug-likeness (QED) is 0.665. The molecule has 1 atom stereocenters. The van der Waals surface area contributed by atoms with Crippen LogP contribution in [-0.4, -0.2) is 28.8 Å². The van der Waals surface area contributed by atoms with Crippen LogP contribution in [0.2, 0.25) is 0 Å². The maximum atomic E-state index is 13.7. The van der Waals surface area contributed by atoms with Crippen LogP contribution in [0.3, 0.4) is 0 Å². The van der Waals surface area contributed by atoms with Crippen molar-refractivity contribution in [2.75, 3.05) is 12.0 Å². The highest BCUT2D eigenvalue weighted by Crippen LogP contribution is 2.33. The summed E-state index contributed by atoms with van der Waals surface area (Å²) in [6.45, 7) is 3.88. The second-order valence-electron chi connectivity index (χ2n) is 7.48. The monoisotopic (exact) mass is 407 g/mol. The maximum absolute atomic E-state index is 13.7. The van der Waals surface area contributed by atoms with Gasteiger partial charge in [-0.05, 0) is 62.6 Å². The van der Waals surface area contributed by atoms with E-state index >= 15 is 0 Å². The van der Waals surface area contributed by atoms with Gasteiger partial charge in [-0.3, -0.25) is 9.59 Å². The molecule has 2 heterocycles. The predicted octanol–water partition coefficient (Wildman–Crippen LogP) is 3.67. The summed E-state index contributed by atoms with van der Waals surface area (Å²) in [6.07, 6.45) is 1.38. The summed E-state index contributed by atoms with van der Waals surface area (Å²) >= 11 is 0. The van der Waals surface area contributed by atoms with Gasteiger partial charge in [0.2, 0.25) is 0 Å². The van der Waals surface area contributed by atoms with Gasteiger partial charge in [-0.15, -0.1) is 0 Å². The molecule has 1 aliphatic rings. The Hall–Kier alpha value is -3.48. The third-order valence-electron chi connectivity index (χ3n) is 5.39. The minimum Gasteiger partial charge on any atom is -0.494 e. The van der Waals surface area contributed by atoms with Gasteiger partial charge in [0.15, 0.2) is 11.4 Å². The summed E-state index contributed by atoms with van der Waals surface area (Å²) in [7, 11) is 1.40. The third-order valence-corrected chi connectivity index (χ3v) is 5.39. The van der Waals surface area contributed by atoms with Crippen LogP contribution in [0, 0.1) is 12.7 Å². The molecular weight excluding hydrogens is 385 g/mol. The first-order valence-corrected chi connectivity index (χ1v) is 9.76. The molecule has 2 aromatic carbocycles. The Labute approximate surface area is 173 Å². The summed E-state index contributed by atoms with van der Waals surface area (Å²) in [5.74, 6) is -0.623. The van der Waals surface area contributed by atoms with Crippen molar-refractivity contribution < 1.29 is 13.9 Å². The lowest BCUT2D eigenvalue weighted by molar-refractivity contribution is 0.0965. The SMILES string of the molecule is COc1cc(=O)n(-c2ccc(C)cc2)nc1C(=O)N1c2ccc(F)cc2CC[C@@H]1C. The van der Waals surface area contributed by atoms with Crippen molar-refractivity contribution in [2.24, 2.45) is 0 Å². The Morgan fingerprint density at radius 3 is 2.60 bits per heavy atom. The smallest absolute Gasteiger partial charge is 0.282 e. The molecule has 0 aliphatic carbocycles. The number of aromatic nitrogens is 2. The molecule has 0 N–H and O–H groups in total. The number of halogens is 1. The number of carbonyl (C=O) groups is 1. The Balaban J connectivity index is 1.84. The number of carbonyl (C=O) groups excluding carboxylic acids is 1. The van der Waals surface area contributed by atoms with Gasteiger partial charge in [-0.1, -0.05) is 17.7 Å². The average Bonchev–Trinajstić information content (AvgIpc) is 2.74. The number of anilines is 1. The number of ether oxygens (including phenoxy) is 1. The van der Waals surface area contributed by atoms with E-state index in [0.717, 1.165) is 11.1 Å². The number of fused-ring (bicyclic) bond motifs is 1.